The molecular formula is C19H38N2O. The summed E-state index contributed by atoms with van der Waals surface area (Å²) in [5.41, 5.74) is 5.47. The summed E-state index contributed by atoms with van der Waals surface area (Å²) in [5.74, 6) is 0. The van der Waals surface area contributed by atoms with Crippen LogP contribution in [0.5, 0.6) is 0 Å². The zero-order chi connectivity index (χ0) is 16.7. The summed E-state index contributed by atoms with van der Waals surface area (Å²) >= 11 is 0. The van der Waals surface area contributed by atoms with Crippen LogP contribution in [0.4, 0.5) is 0 Å². The van der Waals surface area contributed by atoms with Crippen molar-refractivity contribution in [1.82, 2.24) is 0 Å². The molecule has 3 nitrogen and oxygen atoms in total. The Balaban J connectivity index is 0. The summed E-state index contributed by atoms with van der Waals surface area (Å²) in [6.45, 7) is 3.14. The van der Waals surface area contributed by atoms with E-state index in [1.807, 2.05) is 0 Å². The fourth-order valence-electron chi connectivity index (χ4n) is 2.39. The molecule has 0 aliphatic rings. The highest BCUT2D eigenvalue weighted by molar-refractivity contribution is 5.26. The van der Waals surface area contributed by atoms with E-state index in [4.69, 9.17) is 15.9 Å². The first-order valence-electron chi connectivity index (χ1n) is 9.22. The van der Waals surface area contributed by atoms with Gasteiger partial charge in [-0.15, -0.1) is 0 Å². The maximum absolute atomic E-state index is 8.35. The lowest BCUT2D eigenvalue weighted by Crippen LogP contribution is -1.97. The van der Waals surface area contributed by atoms with E-state index < -0.39 is 0 Å². The van der Waals surface area contributed by atoms with Crippen molar-refractivity contribution in [2.24, 2.45) is 5.73 Å². The molecule has 0 aliphatic heterocycles. The van der Waals surface area contributed by atoms with Crippen LogP contribution < -0.4 is 5.73 Å². The number of unbranched alkanes of at least 4 members (excludes halogenated alkanes) is 12. The summed E-state index contributed by atoms with van der Waals surface area (Å²) < 4.78 is 0. The van der Waals surface area contributed by atoms with Gasteiger partial charge in [0.1, 0.15) is 0 Å². The second-order valence-corrected chi connectivity index (χ2v) is 5.83. The zero-order valence-corrected chi connectivity index (χ0v) is 14.7. The number of nitrogens with two attached hydrogens (primary N) is 1. The summed E-state index contributed by atoms with van der Waals surface area (Å²) in [6, 6.07) is 0. The van der Waals surface area contributed by atoms with E-state index in [1.165, 1.54) is 89.9 Å². The molecule has 3 N–H and O–H groups in total. The van der Waals surface area contributed by atoms with E-state index in [9.17, 15) is 0 Å². The van der Waals surface area contributed by atoms with E-state index in [2.05, 4.69) is 19.1 Å². The summed E-state index contributed by atoms with van der Waals surface area (Å²) in [6.07, 6.45) is 24.6. The molecular weight excluding hydrogens is 272 g/mol. The average molecular weight is 311 g/mol. The Kier molecular flexibility index (Phi) is 26.6. The van der Waals surface area contributed by atoms with Crippen molar-refractivity contribution in [2.45, 2.75) is 96.8 Å². The molecule has 0 saturated carbocycles. The third kappa shape index (κ3) is 27.4. The van der Waals surface area contributed by atoms with Gasteiger partial charge in [-0.2, -0.15) is 0 Å². The van der Waals surface area contributed by atoms with E-state index >= 15 is 0 Å². The van der Waals surface area contributed by atoms with Crippen LogP contribution in [0, 0.1) is 5.41 Å². The van der Waals surface area contributed by atoms with Crippen LogP contribution in [0.25, 0.3) is 0 Å². The zero-order valence-electron chi connectivity index (χ0n) is 14.7. The van der Waals surface area contributed by atoms with E-state index in [-0.39, 0.29) is 0 Å². The molecule has 0 spiro atoms. The minimum absolute atomic E-state index is 0.750. The van der Waals surface area contributed by atoms with Gasteiger partial charge in [-0.3, -0.25) is 0 Å². The molecule has 0 heterocycles. The second kappa shape index (κ2) is 25.1. The van der Waals surface area contributed by atoms with Crippen LogP contribution >= 0.6 is 0 Å². The Morgan fingerprint density at radius 3 is 1.55 bits per heavy atom. The molecule has 0 fully saturated rings. The Hall–Kier alpha value is -0.920. The lowest BCUT2D eigenvalue weighted by Gasteiger charge is -1.99. The minimum atomic E-state index is 0.750. The van der Waals surface area contributed by atoms with Gasteiger partial charge in [0, 0.05) is 0 Å². The molecule has 0 atom stereocenters. The fourth-order valence-corrected chi connectivity index (χ4v) is 2.39. The van der Waals surface area contributed by atoms with Crippen LogP contribution in [0.15, 0.2) is 12.2 Å². The smallest absolute Gasteiger partial charge is 0.231 e. The maximum Gasteiger partial charge on any atom is 0.231 e. The molecule has 0 aliphatic carbocycles. The number of hydrogen-bond donors (Lipinski definition) is 2. The molecule has 0 aromatic rings. The monoisotopic (exact) mass is 310 g/mol. The van der Waals surface area contributed by atoms with Crippen molar-refractivity contribution in [2.75, 3.05) is 6.54 Å². The standard InChI is InChI=1S/C18H37N.CHNO/c1-2-3-4-5-6-7-8-9-10-11-12-13-14-15-16-17-18-19;2-1-3/h9-10H,2-8,11-19H2,1H3;2H/b10-9-;. The molecule has 130 valence electrons. The molecule has 22 heavy (non-hydrogen) atoms. The van der Waals surface area contributed by atoms with Crippen molar-refractivity contribution in [3.05, 3.63) is 12.2 Å². The molecule has 3 heteroatoms. The third-order valence-electron chi connectivity index (χ3n) is 3.72. The Labute approximate surface area is 138 Å². The van der Waals surface area contributed by atoms with Gasteiger partial charge < -0.3 is 5.73 Å². The normalized spacial score (nSPS) is 10.3. The predicted molar refractivity (Wildman–Crippen MR) is 96.9 cm³/mol. The average Bonchev–Trinajstić information content (AvgIpc) is 2.52. The molecule has 0 rings (SSSR count). The third-order valence-corrected chi connectivity index (χ3v) is 3.72. The Morgan fingerprint density at radius 2 is 1.14 bits per heavy atom. The lowest BCUT2D eigenvalue weighted by atomic mass is 10.1. The van der Waals surface area contributed by atoms with Gasteiger partial charge in [0.05, 0.1) is 0 Å². The highest BCUT2D eigenvalue weighted by atomic mass is 16.1. The molecule has 0 unspecified atom stereocenters. The SMILES string of the molecule is CCCCCCCC/C=C\CCCCCCCCN.N=C=O. The topological polar surface area (TPSA) is 66.9 Å². The molecule has 0 amide bonds. The van der Waals surface area contributed by atoms with Gasteiger partial charge in [0.15, 0.2) is 0 Å². The fraction of sp³-hybridized carbons (Fsp3) is 0.842. The first kappa shape index (κ1) is 23.3. The first-order chi connectivity index (χ1) is 10.8. The molecule has 0 saturated heterocycles. The number of allylic oxidation sites excluding steroid dienone is 2. The second-order valence-electron chi connectivity index (χ2n) is 5.83. The van der Waals surface area contributed by atoms with Crippen molar-refractivity contribution in [3.8, 4) is 0 Å². The van der Waals surface area contributed by atoms with Crippen LogP contribution in [0.2, 0.25) is 0 Å². The maximum atomic E-state index is 8.35. The molecule has 0 aromatic carbocycles. The predicted octanol–water partition coefficient (Wildman–Crippen LogP) is 5.88. The van der Waals surface area contributed by atoms with Crippen LogP contribution in [-0.4, -0.2) is 12.6 Å². The molecule has 0 aromatic heterocycles. The van der Waals surface area contributed by atoms with Crippen LogP contribution in [0.3, 0.4) is 0 Å². The van der Waals surface area contributed by atoms with Gasteiger partial charge >= 0.3 is 0 Å². The number of isocyanates is 1. The molecule has 0 radical (unpaired) electrons. The number of nitrogens with one attached hydrogen (secondary N) is 1. The Bertz CT molecular complexity index is 246. The minimum Gasteiger partial charge on any atom is -0.330 e. The van der Waals surface area contributed by atoms with E-state index in [1.54, 1.807) is 0 Å². The van der Waals surface area contributed by atoms with Gasteiger partial charge in [-0.25, -0.2) is 10.2 Å². The summed E-state index contributed by atoms with van der Waals surface area (Å²) in [7, 11) is 0. The Morgan fingerprint density at radius 1 is 0.773 bits per heavy atom. The quantitative estimate of drug-likeness (QED) is 0.171. The van der Waals surface area contributed by atoms with Crippen molar-refractivity contribution >= 4 is 6.08 Å². The largest absolute Gasteiger partial charge is 0.330 e. The van der Waals surface area contributed by atoms with Crippen molar-refractivity contribution < 1.29 is 4.79 Å². The van der Waals surface area contributed by atoms with Crippen LogP contribution in [-0.2, 0) is 4.79 Å². The highest BCUT2D eigenvalue weighted by Crippen LogP contribution is 2.09. The van der Waals surface area contributed by atoms with E-state index in [0.717, 1.165) is 12.6 Å². The van der Waals surface area contributed by atoms with E-state index in [0.29, 0.717) is 0 Å². The first-order valence-corrected chi connectivity index (χ1v) is 9.22. The van der Waals surface area contributed by atoms with Crippen molar-refractivity contribution in [3.63, 3.8) is 0 Å². The van der Waals surface area contributed by atoms with Gasteiger partial charge in [-0.05, 0) is 38.6 Å². The van der Waals surface area contributed by atoms with Gasteiger partial charge in [-0.1, -0.05) is 76.9 Å². The molecule has 0 bridgehead atoms. The summed E-state index contributed by atoms with van der Waals surface area (Å²) in [4.78, 5) is 8.35. The number of carbonyl (C=O) groups excluding carboxylic acids is 1. The highest BCUT2D eigenvalue weighted by Gasteiger charge is 1.90. The van der Waals surface area contributed by atoms with Crippen LogP contribution in [0.1, 0.15) is 96.8 Å². The van der Waals surface area contributed by atoms with Gasteiger partial charge in [0.25, 0.3) is 0 Å². The van der Waals surface area contributed by atoms with Crippen molar-refractivity contribution in [1.29, 1.82) is 5.41 Å². The lowest BCUT2D eigenvalue weighted by molar-refractivity contribution is 0.563. The number of hydrogen-bond acceptors (Lipinski definition) is 3. The summed E-state index contributed by atoms with van der Waals surface area (Å²) in [5, 5.41) is 5.40. The number of rotatable bonds is 15. The van der Waals surface area contributed by atoms with Gasteiger partial charge in [0.2, 0.25) is 6.08 Å².